The minimum absolute atomic E-state index is 0.524. The Bertz CT molecular complexity index is 266. The van der Waals surface area contributed by atoms with E-state index in [2.05, 4.69) is 35.7 Å². The summed E-state index contributed by atoms with van der Waals surface area (Å²) >= 11 is 1.87. The molecule has 2 aliphatic heterocycles. The van der Waals surface area contributed by atoms with Crippen molar-refractivity contribution in [3.8, 4) is 0 Å². The molecular formula is C9H20N2SSi2. The molecule has 0 amide bonds. The highest BCUT2D eigenvalue weighted by atomic mass is 32.2. The number of hydrogen-bond donors (Lipinski definition) is 0. The van der Waals surface area contributed by atoms with Crippen LogP contribution in [-0.2, 0) is 0 Å². The molecule has 0 spiro atoms. The van der Waals surface area contributed by atoms with Crippen molar-refractivity contribution in [3.05, 3.63) is 0 Å². The summed E-state index contributed by atoms with van der Waals surface area (Å²) in [5, 5.41) is 0. The molecule has 0 aromatic heterocycles. The summed E-state index contributed by atoms with van der Waals surface area (Å²) in [7, 11) is -2.00. The van der Waals surface area contributed by atoms with Crippen LogP contribution in [0.1, 0.15) is 0 Å². The van der Waals surface area contributed by atoms with E-state index in [1.54, 1.807) is 5.67 Å². The maximum Gasteiger partial charge on any atom is 0.121 e. The zero-order chi connectivity index (χ0) is 10.4. The van der Waals surface area contributed by atoms with Crippen molar-refractivity contribution in [2.45, 2.75) is 38.0 Å². The van der Waals surface area contributed by atoms with E-state index in [9.17, 15) is 0 Å². The van der Waals surface area contributed by atoms with Crippen LogP contribution < -0.4 is 0 Å². The SMILES string of the molecule is C[Si]1(C)CN(C2CSC=N2)[Si](C)(C)C1. The predicted octanol–water partition coefficient (Wildman–Crippen LogP) is 2.40. The van der Waals surface area contributed by atoms with Gasteiger partial charge in [-0.1, -0.05) is 26.2 Å². The second-order valence-electron chi connectivity index (χ2n) is 5.85. The number of nitrogens with zero attached hydrogens (tertiary/aromatic N) is 2. The van der Waals surface area contributed by atoms with E-state index in [0.29, 0.717) is 6.17 Å². The fraction of sp³-hybridized carbons (Fsp3) is 0.889. The van der Waals surface area contributed by atoms with Gasteiger partial charge < -0.3 is 4.57 Å². The Kier molecular flexibility index (Phi) is 2.70. The normalized spacial score (nSPS) is 35.3. The topological polar surface area (TPSA) is 15.6 Å². The largest absolute Gasteiger partial charge is 0.305 e. The Morgan fingerprint density at radius 3 is 2.50 bits per heavy atom. The van der Waals surface area contributed by atoms with Gasteiger partial charge in [-0.25, -0.2) is 0 Å². The molecule has 1 unspecified atom stereocenters. The molecule has 80 valence electrons. The van der Waals surface area contributed by atoms with Crippen molar-refractivity contribution < 1.29 is 0 Å². The van der Waals surface area contributed by atoms with Gasteiger partial charge in [-0.15, -0.1) is 11.8 Å². The van der Waals surface area contributed by atoms with Crippen molar-refractivity contribution in [1.29, 1.82) is 0 Å². The molecule has 2 nitrogen and oxygen atoms in total. The van der Waals surface area contributed by atoms with E-state index in [0.717, 1.165) is 0 Å². The van der Waals surface area contributed by atoms with Crippen LogP contribution in [0.15, 0.2) is 4.99 Å². The summed E-state index contributed by atoms with van der Waals surface area (Å²) in [4.78, 5) is 4.60. The van der Waals surface area contributed by atoms with Gasteiger partial charge in [-0.2, -0.15) is 0 Å². The van der Waals surface area contributed by atoms with Gasteiger partial charge in [0.25, 0.3) is 0 Å². The molecule has 0 saturated carbocycles. The molecule has 0 N–H and O–H groups in total. The lowest BCUT2D eigenvalue weighted by Crippen LogP contribution is -2.49. The van der Waals surface area contributed by atoms with E-state index in [1.165, 1.54) is 11.9 Å². The Morgan fingerprint density at radius 2 is 2.07 bits per heavy atom. The van der Waals surface area contributed by atoms with Gasteiger partial charge in [-0.3, -0.25) is 4.99 Å². The number of rotatable bonds is 1. The monoisotopic (exact) mass is 244 g/mol. The zero-order valence-electron chi connectivity index (χ0n) is 9.58. The molecule has 0 aliphatic carbocycles. The highest BCUT2D eigenvalue weighted by molar-refractivity contribution is 8.12. The van der Waals surface area contributed by atoms with Crippen LogP contribution in [0.3, 0.4) is 0 Å². The standard InChI is InChI=1S/C9H20N2SSi2/c1-13(2)7-11(14(3,4)8-13)9-5-12-6-10-9/h6,9H,5,7-8H2,1-4H3. The van der Waals surface area contributed by atoms with Gasteiger partial charge >= 0.3 is 0 Å². The molecule has 0 bridgehead atoms. The second-order valence-corrected chi connectivity index (χ2v) is 17.0. The quantitative estimate of drug-likeness (QED) is 0.658. The Morgan fingerprint density at radius 1 is 1.36 bits per heavy atom. The molecule has 1 atom stereocenters. The Balaban J connectivity index is 2.15. The molecule has 2 aliphatic rings. The van der Waals surface area contributed by atoms with Gasteiger partial charge in [0, 0.05) is 5.75 Å². The molecular weight excluding hydrogens is 224 g/mol. The number of hydrogen-bond acceptors (Lipinski definition) is 3. The first kappa shape index (κ1) is 10.9. The summed E-state index contributed by atoms with van der Waals surface area (Å²) in [6.45, 7) is 10.1. The van der Waals surface area contributed by atoms with Crippen molar-refractivity contribution >= 4 is 33.6 Å². The molecule has 2 rings (SSSR count). The van der Waals surface area contributed by atoms with Crippen LogP contribution in [0.25, 0.3) is 0 Å². The summed E-state index contributed by atoms with van der Waals surface area (Å²) in [6, 6.07) is 0. The molecule has 2 heterocycles. The maximum absolute atomic E-state index is 4.60. The van der Waals surface area contributed by atoms with E-state index in [4.69, 9.17) is 0 Å². The van der Waals surface area contributed by atoms with E-state index in [1.807, 2.05) is 17.3 Å². The van der Waals surface area contributed by atoms with Gasteiger partial charge in [0.15, 0.2) is 0 Å². The van der Waals surface area contributed by atoms with Gasteiger partial charge in [0.2, 0.25) is 0 Å². The van der Waals surface area contributed by atoms with E-state index < -0.39 is 16.3 Å². The van der Waals surface area contributed by atoms with Gasteiger partial charge in [0.05, 0.1) is 13.6 Å². The molecule has 0 aromatic carbocycles. The van der Waals surface area contributed by atoms with Crippen molar-refractivity contribution in [1.82, 2.24) is 4.57 Å². The van der Waals surface area contributed by atoms with Crippen molar-refractivity contribution in [2.24, 2.45) is 4.99 Å². The van der Waals surface area contributed by atoms with E-state index >= 15 is 0 Å². The predicted molar refractivity (Wildman–Crippen MR) is 71.2 cm³/mol. The van der Waals surface area contributed by atoms with E-state index in [-0.39, 0.29) is 0 Å². The summed E-state index contributed by atoms with van der Waals surface area (Å²) in [6.07, 6.45) is 1.91. The first-order chi connectivity index (χ1) is 6.41. The lowest BCUT2D eigenvalue weighted by atomic mass is 10.6. The third kappa shape index (κ3) is 2.00. The first-order valence-electron chi connectivity index (χ1n) is 5.31. The van der Waals surface area contributed by atoms with Crippen LogP contribution in [0, 0.1) is 0 Å². The van der Waals surface area contributed by atoms with Crippen LogP contribution in [0.5, 0.6) is 0 Å². The van der Waals surface area contributed by atoms with Crippen LogP contribution in [0.4, 0.5) is 0 Å². The second kappa shape index (κ2) is 3.47. The lowest BCUT2D eigenvalue weighted by Gasteiger charge is -2.33. The van der Waals surface area contributed by atoms with Crippen LogP contribution in [0.2, 0.25) is 31.9 Å². The average Bonchev–Trinajstić information content (AvgIpc) is 2.54. The minimum atomic E-state index is -1.10. The number of thioether (sulfide) groups is 1. The lowest BCUT2D eigenvalue weighted by molar-refractivity contribution is 0.404. The minimum Gasteiger partial charge on any atom is -0.305 e. The smallest absolute Gasteiger partial charge is 0.121 e. The molecule has 5 heteroatoms. The van der Waals surface area contributed by atoms with Crippen molar-refractivity contribution in [3.63, 3.8) is 0 Å². The Labute approximate surface area is 93.3 Å². The highest BCUT2D eigenvalue weighted by Gasteiger charge is 2.48. The summed E-state index contributed by atoms with van der Waals surface area (Å²) in [5.74, 6) is 1.20. The molecule has 14 heavy (non-hydrogen) atoms. The molecule has 1 fully saturated rings. The Hall–Kier alpha value is 0.414. The highest BCUT2D eigenvalue weighted by Crippen LogP contribution is 2.35. The zero-order valence-corrected chi connectivity index (χ0v) is 12.4. The maximum atomic E-state index is 4.60. The van der Waals surface area contributed by atoms with Crippen LogP contribution in [-0.4, -0.2) is 44.5 Å². The van der Waals surface area contributed by atoms with Gasteiger partial charge in [0.1, 0.15) is 14.4 Å². The fourth-order valence-corrected chi connectivity index (χ4v) is 19.6. The third-order valence-electron chi connectivity index (χ3n) is 3.20. The average molecular weight is 245 g/mol. The third-order valence-corrected chi connectivity index (χ3v) is 14.8. The molecule has 1 saturated heterocycles. The summed E-state index contributed by atoms with van der Waals surface area (Å²) in [5.41, 5.74) is 3.60. The fourth-order valence-electron chi connectivity index (χ4n) is 2.97. The summed E-state index contributed by atoms with van der Waals surface area (Å²) < 4.78 is 2.77. The van der Waals surface area contributed by atoms with Crippen LogP contribution >= 0.6 is 11.8 Å². The first-order valence-corrected chi connectivity index (χ1v) is 12.9. The van der Waals surface area contributed by atoms with Gasteiger partial charge in [-0.05, 0) is 11.8 Å². The molecule has 0 aromatic rings. The molecule has 0 radical (unpaired) electrons. The number of aliphatic imine (C=N–C) groups is 1. The van der Waals surface area contributed by atoms with Crippen molar-refractivity contribution in [2.75, 3.05) is 11.9 Å².